The summed E-state index contributed by atoms with van der Waals surface area (Å²) in [6, 6.07) is 19.4. The summed E-state index contributed by atoms with van der Waals surface area (Å²) in [5.74, 6) is 1.30. The van der Waals surface area contributed by atoms with E-state index in [0.29, 0.717) is 16.9 Å². The number of nitrogens with one attached hydrogen (secondary N) is 1. The van der Waals surface area contributed by atoms with E-state index in [-0.39, 0.29) is 5.56 Å². The van der Waals surface area contributed by atoms with Crippen LogP contribution in [0.15, 0.2) is 65.5 Å². The smallest absolute Gasteiger partial charge is 0.261 e. The molecule has 0 saturated heterocycles. The first-order valence-electron chi connectivity index (χ1n) is 8.27. The number of benzene rings is 2. The number of pyridine rings is 1. The van der Waals surface area contributed by atoms with Crippen LogP contribution in [-0.2, 0) is 0 Å². The van der Waals surface area contributed by atoms with Gasteiger partial charge in [-0.1, -0.05) is 42.5 Å². The SMILES string of the molecule is COc1ccc(-c2cc(-c3ccccc3)nc3nc(C)[nH]c(=O)c23)cc1. The number of aryl methyl sites for hydroxylation is 1. The molecular formula is C21H17N3O2. The fourth-order valence-electron chi connectivity index (χ4n) is 3.01. The molecule has 0 aliphatic rings. The lowest BCUT2D eigenvalue weighted by atomic mass is 10.00. The van der Waals surface area contributed by atoms with Crippen LogP contribution in [0.2, 0.25) is 0 Å². The molecule has 0 atom stereocenters. The second-order valence-corrected chi connectivity index (χ2v) is 6.00. The topological polar surface area (TPSA) is 67.9 Å². The lowest BCUT2D eigenvalue weighted by molar-refractivity contribution is 0.415. The highest BCUT2D eigenvalue weighted by molar-refractivity contribution is 5.94. The van der Waals surface area contributed by atoms with Crippen LogP contribution in [0.5, 0.6) is 5.75 Å². The highest BCUT2D eigenvalue weighted by atomic mass is 16.5. The van der Waals surface area contributed by atoms with E-state index in [4.69, 9.17) is 4.74 Å². The minimum Gasteiger partial charge on any atom is -0.497 e. The Morgan fingerprint density at radius 3 is 2.35 bits per heavy atom. The predicted molar refractivity (Wildman–Crippen MR) is 102 cm³/mol. The minimum atomic E-state index is -0.189. The average Bonchev–Trinajstić information content (AvgIpc) is 2.67. The summed E-state index contributed by atoms with van der Waals surface area (Å²) in [6.07, 6.45) is 0. The molecule has 2 heterocycles. The van der Waals surface area contributed by atoms with Crippen molar-refractivity contribution in [3.63, 3.8) is 0 Å². The molecule has 0 unspecified atom stereocenters. The van der Waals surface area contributed by atoms with Gasteiger partial charge in [-0.3, -0.25) is 4.79 Å². The summed E-state index contributed by atoms with van der Waals surface area (Å²) < 4.78 is 5.23. The Balaban J connectivity index is 2.04. The summed E-state index contributed by atoms with van der Waals surface area (Å²) in [4.78, 5) is 24.5. The molecule has 5 heteroatoms. The number of rotatable bonds is 3. The molecule has 0 radical (unpaired) electrons. The van der Waals surface area contributed by atoms with E-state index in [2.05, 4.69) is 15.0 Å². The third kappa shape index (κ3) is 2.84. The van der Waals surface area contributed by atoms with Gasteiger partial charge in [0.1, 0.15) is 11.6 Å². The Morgan fingerprint density at radius 2 is 1.65 bits per heavy atom. The van der Waals surface area contributed by atoms with Gasteiger partial charge in [-0.2, -0.15) is 0 Å². The van der Waals surface area contributed by atoms with Crippen molar-refractivity contribution in [2.45, 2.75) is 6.92 Å². The van der Waals surface area contributed by atoms with E-state index in [0.717, 1.165) is 28.1 Å². The van der Waals surface area contributed by atoms with E-state index in [1.54, 1.807) is 14.0 Å². The van der Waals surface area contributed by atoms with E-state index >= 15 is 0 Å². The summed E-state index contributed by atoms with van der Waals surface area (Å²) in [5, 5.41) is 0.487. The monoisotopic (exact) mass is 343 g/mol. The molecule has 128 valence electrons. The van der Waals surface area contributed by atoms with Gasteiger partial charge < -0.3 is 9.72 Å². The van der Waals surface area contributed by atoms with Crippen molar-refractivity contribution in [1.82, 2.24) is 15.0 Å². The van der Waals surface area contributed by atoms with E-state index in [1.807, 2.05) is 60.7 Å². The number of methoxy groups -OCH3 is 1. The number of aromatic amines is 1. The first-order chi connectivity index (χ1) is 12.7. The third-order valence-corrected chi connectivity index (χ3v) is 4.27. The summed E-state index contributed by atoms with van der Waals surface area (Å²) >= 11 is 0. The van der Waals surface area contributed by atoms with Crippen LogP contribution in [0.25, 0.3) is 33.4 Å². The maximum absolute atomic E-state index is 12.6. The van der Waals surface area contributed by atoms with Crippen molar-refractivity contribution in [2.24, 2.45) is 0 Å². The molecule has 2 aromatic carbocycles. The van der Waals surface area contributed by atoms with Crippen LogP contribution in [-0.4, -0.2) is 22.1 Å². The number of nitrogens with zero attached hydrogens (tertiary/aromatic N) is 2. The van der Waals surface area contributed by atoms with Crippen LogP contribution in [0, 0.1) is 6.92 Å². The number of H-pyrrole nitrogens is 1. The molecule has 0 bridgehead atoms. The molecule has 0 aliphatic carbocycles. The zero-order valence-corrected chi connectivity index (χ0v) is 14.5. The van der Waals surface area contributed by atoms with Crippen LogP contribution in [0.1, 0.15) is 5.82 Å². The Hall–Kier alpha value is -3.47. The van der Waals surface area contributed by atoms with Crippen molar-refractivity contribution in [1.29, 1.82) is 0 Å². The van der Waals surface area contributed by atoms with Gasteiger partial charge in [0.05, 0.1) is 18.2 Å². The van der Waals surface area contributed by atoms with Gasteiger partial charge in [0.15, 0.2) is 5.65 Å². The lowest BCUT2D eigenvalue weighted by Crippen LogP contribution is -2.12. The molecule has 0 amide bonds. The molecule has 4 rings (SSSR count). The standard InChI is InChI=1S/C21H17N3O2/c1-13-22-20-19(21(25)23-13)17(14-8-10-16(26-2)11-9-14)12-18(24-20)15-6-4-3-5-7-15/h3-12H,1-2H3,(H,22,23,24,25). The number of hydrogen-bond acceptors (Lipinski definition) is 4. The zero-order valence-electron chi connectivity index (χ0n) is 14.5. The number of hydrogen-bond donors (Lipinski definition) is 1. The number of aromatic nitrogens is 3. The summed E-state index contributed by atoms with van der Waals surface area (Å²) in [5.41, 5.74) is 3.71. The second kappa shape index (κ2) is 6.44. The van der Waals surface area contributed by atoms with Crippen molar-refractivity contribution in [3.8, 4) is 28.1 Å². The largest absolute Gasteiger partial charge is 0.497 e. The fraction of sp³-hybridized carbons (Fsp3) is 0.0952. The molecular weight excluding hydrogens is 326 g/mol. The van der Waals surface area contributed by atoms with Crippen LogP contribution in [0.3, 0.4) is 0 Å². The molecule has 0 saturated carbocycles. The van der Waals surface area contributed by atoms with Crippen molar-refractivity contribution in [2.75, 3.05) is 7.11 Å². The average molecular weight is 343 g/mol. The normalized spacial score (nSPS) is 10.8. The van der Waals surface area contributed by atoms with Crippen LogP contribution < -0.4 is 10.3 Å². The molecule has 0 spiro atoms. The Kier molecular flexibility index (Phi) is 3.97. The van der Waals surface area contributed by atoms with E-state index < -0.39 is 0 Å². The summed E-state index contributed by atoms with van der Waals surface area (Å²) in [6.45, 7) is 1.75. The Labute approximate surface area is 150 Å². The molecule has 26 heavy (non-hydrogen) atoms. The van der Waals surface area contributed by atoms with E-state index in [1.165, 1.54) is 0 Å². The maximum atomic E-state index is 12.6. The second-order valence-electron chi connectivity index (χ2n) is 6.00. The van der Waals surface area contributed by atoms with Gasteiger partial charge in [-0.15, -0.1) is 0 Å². The maximum Gasteiger partial charge on any atom is 0.261 e. The number of ether oxygens (including phenoxy) is 1. The third-order valence-electron chi connectivity index (χ3n) is 4.27. The van der Waals surface area contributed by atoms with Crippen molar-refractivity contribution in [3.05, 3.63) is 76.8 Å². The molecule has 4 aromatic rings. The van der Waals surface area contributed by atoms with E-state index in [9.17, 15) is 4.79 Å². The lowest BCUT2D eigenvalue weighted by Gasteiger charge is -2.10. The van der Waals surface area contributed by atoms with Gasteiger partial charge in [0.25, 0.3) is 5.56 Å². The first-order valence-corrected chi connectivity index (χ1v) is 8.27. The molecule has 2 aromatic heterocycles. The first kappa shape index (κ1) is 16.0. The van der Waals surface area contributed by atoms with Gasteiger partial charge >= 0.3 is 0 Å². The molecule has 0 fully saturated rings. The van der Waals surface area contributed by atoms with Crippen molar-refractivity contribution >= 4 is 11.0 Å². The minimum absolute atomic E-state index is 0.189. The predicted octanol–water partition coefficient (Wildman–Crippen LogP) is 3.97. The van der Waals surface area contributed by atoms with Gasteiger partial charge in [-0.25, -0.2) is 9.97 Å². The fourth-order valence-corrected chi connectivity index (χ4v) is 3.01. The van der Waals surface area contributed by atoms with Crippen molar-refractivity contribution < 1.29 is 4.74 Å². The van der Waals surface area contributed by atoms with Gasteiger partial charge in [0, 0.05) is 11.1 Å². The molecule has 1 N–H and O–H groups in total. The van der Waals surface area contributed by atoms with Crippen LogP contribution >= 0.6 is 0 Å². The van der Waals surface area contributed by atoms with Gasteiger partial charge in [-0.05, 0) is 30.7 Å². The molecule has 0 aliphatic heterocycles. The Morgan fingerprint density at radius 1 is 0.923 bits per heavy atom. The Bertz CT molecular complexity index is 1130. The highest BCUT2D eigenvalue weighted by Crippen LogP contribution is 2.30. The summed E-state index contributed by atoms with van der Waals surface area (Å²) in [7, 11) is 1.63. The van der Waals surface area contributed by atoms with Crippen LogP contribution in [0.4, 0.5) is 0 Å². The zero-order chi connectivity index (χ0) is 18.1. The quantitative estimate of drug-likeness (QED) is 0.611. The molecule has 5 nitrogen and oxygen atoms in total. The highest BCUT2D eigenvalue weighted by Gasteiger charge is 2.14. The van der Waals surface area contributed by atoms with Gasteiger partial charge in [0.2, 0.25) is 0 Å². The number of fused-ring (bicyclic) bond motifs is 1.